The van der Waals surface area contributed by atoms with E-state index < -0.39 is 44.9 Å². The second-order valence-electron chi connectivity index (χ2n) is 6.16. The number of anilines is 1. The number of nitrogens with one attached hydrogen (secondary N) is 1. The van der Waals surface area contributed by atoms with Gasteiger partial charge >= 0.3 is 17.7 Å². The summed E-state index contributed by atoms with van der Waals surface area (Å²) in [6.45, 7) is 4.62. The molecule has 0 bridgehead atoms. The van der Waals surface area contributed by atoms with E-state index >= 15 is 0 Å². The van der Waals surface area contributed by atoms with Crippen molar-refractivity contribution < 1.29 is 41.1 Å². The zero-order chi connectivity index (χ0) is 23.3. The Hall–Kier alpha value is -2.86. The molecule has 31 heavy (non-hydrogen) atoms. The summed E-state index contributed by atoms with van der Waals surface area (Å²) in [7, 11) is -4.78. The van der Waals surface area contributed by atoms with Crippen molar-refractivity contribution in [3.8, 4) is 0 Å². The fraction of sp³-hybridized carbons (Fsp3) is 0.316. The SMILES string of the molecule is CCOC(=O)c1c(NC(=O)COC(=O)c2ccc(S(=O)(=O)C(F)F)cc2)sc(C)c1C. The van der Waals surface area contributed by atoms with Crippen molar-refractivity contribution in [3.63, 3.8) is 0 Å². The van der Waals surface area contributed by atoms with E-state index in [0.717, 1.165) is 29.1 Å². The van der Waals surface area contributed by atoms with Crippen molar-refractivity contribution in [2.45, 2.75) is 31.4 Å². The lowest BCUT2D eigenvalue weighted by Gasteiger charge is -2.08. The number of rotatable bonds is 8. The van der Waals surface area contributed by atoms with E-state index in [0.29, 0.717) is 5.56 Å². The van der Waals surface area contributed by atoms with Crippen molar-refractivity contribution in [1.29, 1.82) is 0 Å². The number of hydrogen-bond acceptors (Lipinski definition) is 8. The van der Waals surface area contributed by atoms with Crippen molar-refractivity contribution in [3.05, 3.63) is 45.8 Å². The predicted octanol–water partition coefficient (Wildman–Crippen LogP) is 3.33. The van der Waals surface area contributed by atoms with Crippen LogP contribution in [0.3, 0.4) is 0 Å². The van der Waals surface area contributed by atoms with E-state index in [1.165, 1.54) is 11.3 Å². The van der Waals surface area contributed by atoms with Gasteiger partial charge in [-0.05, 0) is 50.6 Å². The Morgan fingerprint density at radius 3 is 2.23 bits per heavy atom. The first-order valence-corrected chi connectivity index (χ1v) is 11.2. The van der Waals surface area contributed by atoms with E-state index in [1.807, 2.05) is 0 Å². The van der Waals surface area contributed by atoms with Gasteiger partial charge in [0, 0.05) is 4.88 Å². The van der Waals surface area contributed by atoms with E-state index in [4.69, 9.17) is 9.47 Å². The number of esters is 2. The first kappa shape index (κ1) is 24.4. The maximum absolute atomic E-state index is 12.5. The van der Waals surface area contributed by atoms with Gasteiger partial charge in [-0.15, -0.1) is 11.3 Å². The van der Waals surface area contributed by atoms with Crippen LogP contribution in [-0.4, -0.2) is 45.2 Å². The molecule has 0 unspecified atom stereocenters. The van der Waals surface area contributed by atoms with Gasteiger partial charge in [-0.2, -0.15) is 8.78 Å². The molecule has 1 aromatic heterocycles. The standard InChI is InChI=1S/C19H19F2NO7S2/c1-4-28-18(25)15-10(2)11(3)30-16(15)22-14(23)9-29-17(24)12-5-7-13(8-6-12)31(26,27)19(20)21/h5-8,19H,4,9H2,1-3H3,(H,22,23). The smallest absolute Gasteiger partial charge is 0.341 e. The molecule has 0 aliphatic heterocycles. The van der Waals surface area contributed by atoms with Crippen molar-refractivity contribution in [1.82, 2.24) is 0 Å². The van der Waals surface area contributed by atoms with Gasteiger partial charge in [-0.3, -0.25) is 4.79 Å². The predicted molar refractivity (Wildman–Crippen MR) is 108 cm³/mol. The molecule has 168 valence electrons. The molecule has 1 amide bonds. The van der Waals surface area contributed by atoms with Crippen LogP contribution in [0.15, 0.2) is 29.2 Å². The van der Waals surface area contributed by atoms with E-state index in [-0.39, 0.29) is 22.7 Å². The maximum atomic E-state index is 12.5. The topological polar surface area (TPSA) is 116 Å². The highest BCUT2D eigenvalue weighted by Gasteiger charge is 2.27. The van der Waals surface area contributed by atoms with Crippen LogP contribution < -0.4 is 5.32 Å². The van der Waals surface area contributed by atoms with Crippen LogP contribution in [0.5, 0.6) is 0 Å². The van der Waals surface area contributed by atoms with Gasteiger partial charge < -0.3 is 14.8 Å². The van der Waals surface area contributed by atoms with E-state index in [2.05, 4.69) is 5.32 Å². The minimum atomic E-state index is -4.78. The zero-order valence-corrected chi connectivity index (χ0v) is 18.4. The third kappa shape index (κ3) is 5.64. The van der Waals surface area contributed by atoms with Crippen LogP contribution in [0.1, 0.15) is 38.1 Å². The van der Waals surface area contributed by atoms with E-state index in [9.17, 15) is 31.6 Å². The van der Waals surface area contributed by atoms with Crippen LogP contribution in [0.25, 0.3) is 0 Å². The molecule has 0 saturated carbocycles. The lowest BCUT2D eigenvalue weighted by molar-refractivity contribution is -0.119. The number of alkyl halides is 2. The molecule has 0 aliphatic rings. The summed E-state index contributed by atoms with van der Waals surface area (Å²) in [5.41, 5.74) is 0.755. The Labute approximate surface area is 181 Å². The average molecular weight is 475 g/mol. The first-order valence-electron chi connectivity index (χ1n) is 8.85. The average Bonchev–Trinajstić information content (AvgIpc) is 2.99. The number of thiophene rings is 1. The van der Waals surface area contributed by atoms with Gasteiger partial charge in [0.25, 0.3) is 5.91 Å². The summed E-state index contributed by atoms with van der Waals surface area (Å²) in [6, 6.07) is 3.70. The summed E-state index contributed by atoms with van der Waals surface area (Å²) in [5.74, 6) is -5.84. The Bertz CT molecular complexity index is 1090. The van der Waals surface area contributed by atoms with Gasteiger partial charge in [-0.1, -0.05) is 0 Å². The Kier molecular flexibility index (Phi) is 7.85. The highest BCUT2D eigenvalue weighted by molar-refractivity contribution is 7.91. The molecule has 1 heterocycles. The lowest BCUT2D eigenvalue weighted by atomic mass is 10.1. The number of benzene rings is 1. The Balaban J connectivity index is 2.03. The fourth-order valence-electron chi connectivity index (χ4n) is 2.42. The van der Waals surface area contributed by atoms with Gasteiger partial charge in [0.05, 0.1) is 22.6 Å². The van der Waals surface area contributed by atoms with Crippen LogP contribution in [0.4, 0.5) is 13.8 Å². The maximum Gasteiger partial charge on any atom is 0.341 e. The number of halogens is 2. The van der Waals surface area contributed by atoms with Crippen molar-refractivity contribution >= 4 is 44.0 Å². The Morgan fingerprint density at radius 1 is 1.06 bits per heavy atom. The molecular formula is C19H19F2NO7S2. The van der Waals surface area contributed by atoms with Crippen LogP contribution in [-0.2, 0) is 24.1 Å². The molecule has 0 atom stereocenters. The summed E-state index contributed by atoms with van der Waals surface area (Å²) in [5, 5.41) is 2.76. The molecule has 0 spiro atoms. The number of amides is 1. The molecular weight excluding hydrogens is 456 g/mol. The summed E-state index contributed by atoms with van der Waals surface area (Å²) < 4.78 is 57.7. The fourth-order valence-corrected chi connectivity index (χ4v) is 4.21. The largest absolute Gasteiger partial charge is 0.462 e. The monoisotopic (exact) mass is 475 g/mol. The number of sulfone groups is 1. The number of aryl methyl sites for hydroxylation is 1. The van der Waals surface area contributed by atoms with Crippen molar-refractivity contribution in [2.24, 2.45) is 0 Å². The second-order valence-corrected chi connectivity index (χ2v) is 9.30. The van der Waals surface area contributed by atoms with Gasteiger partial charge in [-0.25, -0.2) is 18.0 Å². The van der Waals surface area contributed by atoms with Crippen LogP contribution in [0, 0.1) is 13.8 Å². The third-order valence-electron chi connectivity index (χ3n) is 4.11. The first-order chi connectivity index (χ1) is 14.5. The molecule has 8 nitrogen and oxygen atoms in total. The zero-order valence-electron chi connectivity index (χ0n) is 16.7. The molecule has 2 aromatic rings. The summed E-state index contributed by atoms with van der Waals surface area (Å²) in [4.78, 5) is 36.5. The highest BCUT2D eigenvalue weighted by Crippen LogP contribution is 2.33. The molecule has 1 N–H and O–H groups in total. The highest BCUT2D eigenvalue weighted by atomic mass is 32.2. The minimum Gasteiger partial charge on any atom is -0.462 e. The molecule has 1 aromatic carbocycles. The van der Waals surface area contributed by atoms with Crippen LogP contribution in [0.2, 0.25) is 0 Å². The van der Waals surface area contributed by atoms with Crippen molar-refractivity contribution in [2.75, 3.05) is 18.5 Å². The molecule has 0 fully saturated rings. The van der Waals surface area contributed by atoms with Crippen LogP contribution >= 0.6 is 11.3 Å². The minimum absolute atomic E-state index is 0.129. The molecule has 0 saturated heterocycles. The lowest BCUT2D eigenvalue weighted by Crippen LogP contribution is -2.22. The van der Waals surface area contributed by atoms with Gasteiger partial charge in [0.15, 0.2) is 6.61 Å². The van der Waals surface area contributed by atoms with Gasteiger partial charge in [0.2, 0.25) is 9.84 Å². The second kappa shape index (κ2) is 9.96. The number of carbonyl (C=O) groups is 3. The van der Waals surface area contributed by atoms with E-state index in [1.54, 1.807) is 20.8 Å². The number of carbonyl (C=O) groups excluding carboxylic acids is 3. The summed E-state index contributed by atoms with van der Waals surface area (Å²) in [6.07, 6.45) is 0. The number of hydrogen-bond donors (Lipinski definition) is 1. The third-order valence-corrected chi connectivity index (χ3v) is 6.63. The Morgan fingerprint density at radius 2 is 1.68 bits per heavy atom. The number of ether oxygens (including phenoxy) is 2. The molecule has 2 rings (SSSR count). The normalized spacial score (nSPS) is 11.3. The van der Waals surface area contributed by atoms with Gasteiger partial charge in [0.1, 0.15) is 5.00 Å². The quantitative estimate of drug-likeness (QED) is 0.582. The molecule has 0 aliphatic carbocycles. The molecule has 0 radical (unpaired) electrons. The molecule has 12 heteroatoms. The summed E-state index contributed by atoms with van der Waals surface area (Å²) >= 11 is 1.17.